The maximum atomic E-state index is 6.04. The van der Waals surface area contributed by atoms with Gasteiger partial charge in [0, 0.05) is 15.7 Å². The summed E-state index contributed by atoms with van der Waals surface area (Å²) < 4.78 is 5.80. The SMILES string of the molecule is CSc1ccc(Oc2nnc(Cl)c3ccccc23)cc1. The lowest BCUT2D eigenvalue weighted by Gasteiger charge is -2.08. The van der Waals surface area contributed by atoms with E-state index in [4.69, 9.17) is 16.3 Å². The molecule has 0 bridgehead atoms. The number of nitrogens with zero attached hydrogens (tertiary/aromatic N) is 2. The van der Waals surface area contributed by atoms with Gasteiger partial charge in [-0.3, -0.25) is 0 Å². The average Bonchev–Trinajstić information content (AvgIpc) is 2.51. The Morgan fingerprint density at radius 3 is 2.35 bits per heavy atom. The van der Waals surface area contributed by atoms with E-state index in [2.05, 4.69) is 10.2 Å². The molecule has 0 aliphatic rings. The molecule has 100 valence electrons. The van der Waals surface area contributed by atoms with E-state index in [0.717, 1.165) is 16.5 Å². The van der Waals surface area contributed by atoms with Gasteiger partial charge in [0.15, 0.2) is 5.15 Å². The summed E-state index contributed by atoms with van der Waals surface area (Å²) in [7, 11) is 0. The number of rotatable bonds is 3. The van der Waals surface area contributed by atoms with E-state index in [9.17, 15) is 0 Å². The van der Waals surface area contributed by atoms with Gasteiger partial charge < -0.3 is 4.74 Å². The molecule has 2 aromatic carbocycles. The zero-order valence-electron chi connectivity index (χ0n) is 10.7. The van der Waals surface area contributed by atoms with E-state index in [1.54, 1.807) is 11.8 Å². The summed E-state index contributed by atoms with van der Waals surface area (Å²) in [5.74, 6) is 1.19. The predicted octanol–water partition coefficient (Wildman–Crippen LogP) is 4.80. The molecule has 0 N–H and O–H groups in total. The van der Waals surface area contributed by atoms with Gasteiger partial charge in [0.05, 0.1) is 0 Å². The molecule has 0 unspecified atom stereocenters. The van der Waals surface area contributed by atoms with Crippen LogP contribution < -0.4 is 4.74 Å². The normalized spacial score (nSPS) is 10.7. The molecule has 20 heavy (non-hydrogen) atoms. The Kier molecular flexibility index (Phi) is 3.76. The number of thioether (sulfide) groups is 1. The van der Waals surface area contributed by atoms with E-state index in [1.807, 2.05) is 54.8 Å². The van der Waals surface area contributed by atoms with Crippen molar-refractivity contribution in [1.82, 2.24) is 10.2 Å². The first-order chi connectivity index (χ1) is 9.78. The van der Waals surface area contributed by atoms with Crippen molar-refractivity contribution in [3.8, 4) is 11.6 Å². The average molecular weight is 303 g/mol. The van der Waals surface area contributed by atoms with Gasteiger partial charge in [-0.2, -0.15) is 0 Å². The van der Waals surface area contributed by atoms with E-state index < -0.39 is 0 Å². The van der Waals surface area contributed by atoms with Crippen LogP contribution in [0.2, 0.25) is 5.15 Å². The number of hydrogen-bond donors (Lipinski definition) is 0. The third-order valence-electron chi connectivity index (χ3n) is 2.88. The highest BCUT2D eigenvalue weighted by Crippen LogP contribution is 2.30. The molecule has 0 saturated heterocycles. The van der Waals surface area contributed by atoms with Crippen LogP contribution >= 0.6 is 23.4 Å². The summed E-state index contributed by atoms with van der Waals surface area (Å²) in [5.41, 5.74) is 0. The summed E-state index contributed by atoms with van der Waals surface area (Å²) in [5, 5.41) is 10.0. The fourth-order valence-electron chi connectivity index (χ4n) is 1.88. The van der Waals surface area contributed by atoms with Crippen molar-refractivity contribution >= 4 is 34.1 Å². The molecule has 0 saturated carbocycles. The molecule has 0 aliphatic carbocycles. The van der Waals surface area contributed by atoms with Crippen molar-refractivity contribution in [3.05, 3.63) is 53.7 Å². The molecule has 3 rings (SSSR count). The molecule has 3 aromatic rings. The lowest BCUT2D eigenvalue weighted by Crippen LogP contribution is -1.93. The van der Waals surface area contributed by atoms with Crippen molar-refractivity contribution < 1.29 is 4.74 Å². The number of benzene rings is 2. The van der Waals surface area contributed by atoms with Crippen molar-refractivity contribution in [1.29, 1.82) is 0 Å². The van der Waals surface area contributed by atoms with Crippen LogP contribution in [0, 0.1) is 0 Å². The first-order valence-corrected chi connectivity index (χ1v) is 7.61. The fourth-order valence-corrected chi connectivity index (χ4v) is 2.49. The lowest BCUT2D eigenvalue weighted by atomic mass is 10.2. The van der Waals surface area contributed by atoms with Crippen LogP contribution in [0.5, 0.6) is 11.6 Å². The largest absolute Gasteiger partial charge is 0.437 e. The molecular formula is C15H11ClN2OS. The number of aromatic nitrogens is 2. The Morgan fingerprint density at radius 1 is 0.950 bits per heavy atom. The Labute approximate surface area is 125 Å². The van der Waals surface area contributed by atoms with E-state index in [0.29, 0.717) is 11.0 Å². The van der Waals surface area contributed by atoms with Gasteiger partial charge in [-0.25, -0.2) is 0 Å². The highest BCUT2D eigenvalue weighted by Gasteiger charge is 2.09. The molecular weight excluding hydrogens is 292 g/mol. The van der Waals surface area contributed by atoms with Crippen LogP contribution in [-0.2, 0) is 0 Å². The standard InChI is InChI=1S/C15H11ClN2OS/c1-20-11-8-6-10(7-9-11)19-15-13-5-3-2-4-12(13)14(16)17-18-15/h2-9H,1H3. The van der Waals surface area contributed by atoms with Gasteiger partial charge in [0.1, 0.15) is 5.75 Å². The van der Waals surface area contributed by atoms with Gasteiger partial charge in [0.25, 0.3) is 0 Å². The number of hydrogen-bond acceptors (Lipinski definition) is 4. The predicted molar refractivity (Wildman–Crippen MR) is 82.8 cm³/mol. The molecule has 3 nitrogen and oxygen atoms in total. The zero-order chi connectivity index (χ0) is 13.9. The topological polar surface area (TPSA) is 35.0 Å². The Balaban J connectivity index is 2.00. The minimum absolute atomic E-state index is 0.380. The van der Waals surface area contributed by atoms with Crippen LogP contribution in [0.25, 0.3) is 10.8 Å². The molecule has 0 amide bonds. The molecule has 0 radical (unpaired) electrons. The van der Waals surface area contributed by atoms with E-state index in [1.165, 1.54) is 4.90 Å². The molecule has 1 heterocycles. The quantitative estimate of drug-likeness (QED) is 0.651. The Hall–Kier alpha value is -1.78. The van der Waals surface area contributed by atoms with Gasteiger partial charge in [-0.05, 0) is 36.6 Å². The second-order valence-electron chi connectivity index (χ2n) is 4.12. The Bertz CT molecular complexity index is 746. The van der Waals surface area contributed by atoms with Crippen LogP contribution in [0.3, 0.4) is 0 Å². The van der Waals surface area contributed by atoms with Crippen molar-refractivity contribution in [2.45, 2.75) is 4.90 Å². The first kappa shape index (κ1) is 13.2. The maximum Gasteiger partial charge on any atom is 0.246 e. The monoisotopic (exact) mass is 302 g/mol. The highest BCUT2D eigenvalue weighted by atomic mass is 35.5. The molecule has 0 atom stereocenters. The van der Waals surface area contributed by atoms with Crippen LogP contribution in [0.1, 0.15) is 0 Å². The smallest absolute Gasteiger partial charge is 0.246 e. The second-order valence-corrected chi connectivity index (χ2v) is 5.36. The van der Waals surface area contributed by atoms with Crippen LogP contribution in [0.4, 0.5) is 0 Å². The summed E-state index contributed by atoms with van der Waals surface area (Å²) in [6.07, 6.45) is 2.04. The minimum Gasteiger partial charge on any atom is -0.437 e. The maximum absolute atomic E-state index is 6.04. The second kappa shape index (κ2) is 5.69. The lowest BCUT2D eigenvalue weighted by molar-refractivity contribution is 0.461. The summed E-state index contributed by atoms with van der Waals surface area (Å²) >= 11 is 7.73. The first-order valence-electron chi connectivity index (χ1n) is 6.01. The molecule has 0 spiro atoms. The van der Waals surface area contributed by atoms with Crippen LogP contribution in [-0.4, -0.2) is 16.5 Å². The van der Waals surface area contributed by atoms with Gasteiger partial charge in [0.2, 0.25) is 5.88 Å². The number of ether oxygens (including phenoxy) is 1. The summed E-state index contributed by atoms with van der Waals surface area (Å²) in [6.45, 7) is 0. The van der Waals surface area contributed by atoms with Gasteiger partial charge in [-0.15, -0.1) is 22.0 Å². The fraction of sp³-hybridized carbons (Fsp3) is 0.0667. The highest BCUT2D eigenvalue weighted by molar-refractivity contribution is 7.98. The van der Waals surface area contributed by atoms with Gasteiger partial charge >= 0.3 is 0 Å². The molecule has 0 fully saturated rings. The summed E-state index contributed by atoms with van der Waals surface area (Å²) in [6, 6.07) is 15.5. The third-order valence-corrected chi connectivity index (χ3v) is 3.91. The molecule has 1 aromatic heterocycles. The number of fused-ring (bicyclic) bond motifs is 1. The van der Waals surface area contributed by atoms with Crippen molar-refractivity contribution in [2.24, 2.45) is 0 Å². The summed E-state index contributed by atoms with van der Waals surface area (Å²) in [4.78, 5) is 1.18. The molecule has 5 heteroatoms. The number of halogens is 1. The van der Waals surface area contributed by atoms with E-state index >= 15 is 0 Å². The van der Waals surface area contributed by atoms with Crippen LogP contribution in [0.15, 0.2) is 53.4 Å². The minimum atomic E-state index is 0.380. The molecule has 0 aliphatic heterocycles. The van der Waals surface area contributed by atoms with Gasteiger partial charge in [-0.1, -0.05) is 29.8 Å². The van der Waals surface area contributed by atoms with E-state index in [-0.39, 0.29) is 0 Å². The van der Waals surface area contributed by atoms with Crippen molar-refractivity contribution in [2.75, 3.05) is 6.26 Å². The third kappa shape index (κ3) is 2.57. The Morgan fingerprint density at radius 2 is 1.65 bits per heavy atom. The zero-order valence-corrected chi connectivity index (χ0v) is 12.3. The van der Waals surface area contributed by atoms with Crippen molar-refractivity contribution in [3.63, 3.8) is 0 Å².